The summed E-state index contributed by atoms with van der Waals surface area (Å²) in [5, 5.41) is 5.77. The van der Waals surface area contributed by atoms with E-state index in [9.17, 15) is 0 Å². The van der Waals surface area contributed by atoms with Gasteiger partial charge < -0.3 is 10.3 Å². The lowest BCUT2D eigenvalue weighted by Gasteiger charge is -2.04. The maximum atomic E-state index is 4.63. The molecule has 20 heavy (non-hydrogen) atoms. The van der Waals surface area contributed by atoms with E-state index in [0.29, 0.717) is 0 Å². The van der Waals surface area contributed by atoms with Crippen LogP contribution in [0.15, 0.2) is 54.7 Å². The summed E-state index contributed by atoms with van der Waals surface area (Å²) in [4.78, 5) is 7.83. The molecule has 0 amide bonds. The normalized spacial score (nSPS) is 11.2. The Hall–Kier alpha value is -2.33. The molecule has 2 aromatic heterocycles. The van der Waals surface area contributed by atoms with Gasteiger partial charge in [-0.2, -0.15) is 0 Å². The number of hydrogen-bond acceptors (Lipinski definition) is 3. The molecule has 0 atom stereocenters. The number of thiazole rings is 1. The molecule has 0 saturated heterocycles. The fourth-order valence-corrected chi connectivity index (χ4v) is 3.24. The van der Waals surface area contributed by atoms with Crippen LogP contribution < -0.4 is 5.32 Å². The standard InChI is InChI=1S/C16H13N3S/c1-2-4-15-14(3-1)19-16(20-15)10-18-12-5-6-13-11(9-12)7-8-17-13/h1-9,17-18H,10H2. The molecular formula is C16H13N3S. The first-order chi connectivity index (χ1) is 9.88. The molecule has 4 rings (SSSR count). The number of rotatable bonds is 3. The molecule has 3 nitrogen and oxygen atoms in total. The predicted octanol–water partition coefficient (Wildman–Crippen LogP) is 4.39. The highest BCUT2D eigenvalue weighted by molar-refractivity contribution is 7.18. The van der Waals surface area contributed by atoms with Gasteiger partial charge in [0, 0.05) is 22.8 Å². The summed E-state index contributed by atoms with van der Waals surface area (Å²) >= 11 is 1.74. The molecule has 2 aromatic carbocycles. The van der Waals surface area contributed by atoms with Crippen molar-refractivity contribution >= 4 is 38.1 Å². The van der Waals surface area contributed by atoms with E-state index in [1.165, 1.54) is 10.1 Å². The van der Waals surface area contributed by atoms with Gasteiger partial charge >= 0.3 is 0 Å². The van der Waals surface area contributed by atoms with Crippen LogP contribution in [0.1, 0.15) is 5.01 Å². The molecule has 2 heterocycles. The average Bonchev–Trinajstić information content (AvgIpc) is 3.10. The van der Waals surface area contributed by atoms with Gasteiger partial charge in [-0.1, -0.05) is 12.1 Å². The van der Waals surface area contributed by atoms with Crippen molar-refractivity contribution in [3.8, 4) is 0 Å². The van der Waals surface area contributed by atoms with Crippen molar-refractivity contribution in [1.29, 1.82) is 0 Å². The molecule has 98 valence electrons. The summed E-state index contributed by atoms with van der Waals surface area (Å²) in [5.74, 6) is 0. The zero-order valence-electron chi connectivity index (χ0n) is 10.8. The summed E-state index contributed by atoms with van der Waals surface area (Å²) in [6.45, 7) is 0.759. The van der Waals surface area contributed by atoms with Crippen LogP contribution >= 0.6 is 11.3 Å². The van der Waals surface area contributed by atoms with Crippen molar-refractivity contribution < 1.29 is 0 Å². The molecule has 0 saturated carbocycles. The smallest absolute Gasteiger partial charge is 0.113 e. The largest absolute Gasteiger partial charge is 0.379 e. The minimum atomic E-state index is 0.759. The zero-order chi connectivity index (χ0) is 13.4. The number of benzene rings is 2. The van der Waals surface area contributed by atoms with Crippen LogP contribution in [0.3, 0.4) is 0 Å². The number of H-pyrrole nitrogens is 1. The summed E-state index contributed by atoms with van der Waals surface area (Å²) in [7, 11) is 0. The van der Waals surface area contributed by atoms with Gasteiger partial charge in [0.15, 0.2) is 0 Å². The van der Waals surface area contributed by atoms with Crippen LogP contribution in [-0.4, -0.2) is 9.97 Å². The van der Waals surface area contributed by atoms with Gasteiger partial charge in [-0.15, -0.1) is 11.3 Å². The Bertz CT molecular complexity index is 840. The molecule has 4 aromatic rings. The fraction of sp³-hybridized carbons (Fsp3) is 0.0625. The van der Waals surface area contributed by atoms with Crippen LogP contribution in [0, 0.1) is 0 Å². The van der Waals surface area contributed by atoms with Gasteiger partial charge in [-0.3, -0.25) is 0 Å². The van der Waals surface area contributed by atoms with Gasteiger partial charge in [-0.25, -0.2) is 4.98 Å². The first kappa shape index (κ1) is 11.5. The lowest BCUT2D eigenvalue weighted by atomic mass is 10.2. The minimum absolute atomic E-state index is 0.759. The third-order valence-electron chi connectivity index (χ3n) is 3.34. The number of aromatic amines is 1. The van der Waals surface area contributed by atoms with E-state index in [4.69, 9.17) is 0 Å². The van der Waals surface area contributed by atoms with Gasteiger partial charge in [0.05, 0.1) is 16.8 Å². The second-order valence-electron chi connectivity index (χ2n) is 4.71. The first-order valence-corrected chi connectivity index (χ1v) is 7.36. The van der Waals surface area contributed by atoms with Crippen molar-refractivity contribution in [3.63, 3.8) is 0 Å². The number of nitrogens with zero attached hydrogens (tertiary/aromatic N) is 1. The Kier molecular flexibility index (Phi) is 2.67. The number of fused-ring (bicyclic) bond motifs is 2. The number of nitrogens with one attached hydrogen (secondary N) is 2. The molecule has 0 radical (unpaired) electrons. The maximum absolute atomic E-state index is 4.63. The highest BCUT2D eigenvalue weighted by atomic mass is 32.1. The molecule has 4 heteroatoms. The lowest BCUT2D eigenvalue weighted by Crippen LogP contribution is -1.98. The van der Waals surface area contributed by atoms with Crippen molar-refractivity contribution in [1.82, 2.24) is 9.97 Å². The zero-order valence-corrected chi connectivity index (χ0v) is 11.6. The maximum Gasteiger partial charge on any atom is 0.113 e. The number of aromatic nitrogens is 2. The van der Waals surface area contributed by atoms with Crippen LogP contribution in [0.4, 0.5) is 5.69 Å². The monoisotopic (exact) mass is 279 g/mol. The molecule has 2 N–H and O–H groups in total. The van der Waals surface area contributed by atoms with Crippen molar-refractivity contribution in [2.24, 2.45) is 0 Å². The fourth-order valence-electron chi connectivity index (χ4n) is 2.34. The number of hydrogen-bond donors (Lipinski definition) is 2. The Morgan fingerprint density at radius 2 is 2.05 bits per heavy atom. The number of anilines is 1. The SMILES string of the molecule is c1ccc2sc(CNc3ccc4[nH]ccc4c3)nc2c1. The Balaban J connectivity index is 1.56. The Labute approximate surface area is 120 Å². The minimum Gasteiger partial charge on any atom is -0.379 e. The third-order valence-corrected chi connectivity index (χ3v) is 4.37. The van der Waals surface area contributed by atoms with E-state index >= 15 is 0 Å². The second-order valence-corrected chi connectivity index (χ2v) is 5.82. The van der Waals surface area contributed by atoms with E-state index in [2.05, 4.69) is 57.7 Å². The molecule has 0 bridgehead atoms. The quantitative estimate of drug-likeness (QED) is 0.584. The van der Waals surface area contributed by atoms with Crippen molar-refractivity contribution in [3.05, 3.63) is 59.7 Å². The van der Waals surface area contributed by atoms with Gasteiger partial charge in [-0.05, 0) is 36.4 Å². The molecular weight excluding hydrogens is 266 g/mol. The van der Waals surface area contributed by atoms with E-state index in [-0.39, 0.29) is 0 Å². The van der Waals surface area contributed by atoms with Crippen LogP contribution in [-0.2, 0) is 6.54 Å². The third kappa shape index (κ3) is 2.04. The molecule has 0 aliphatic heterocycles. The predicted molar refractivity (Wildman–Crippen MR) is 85.2 cm³/mol. The summed E-state index contributed by atoms with van der Waals surface area (Å²) < 4.78 is 1.24. The Morgan fingerprint density at radius 1 is 1.10 bits per heavy atom. The van der Waals surface area contributed by atoms with Crippen LogP contribution in [0.5, 0.6) is 0 Å². The molecule has 0 aliphatic carbocycles. The van der Waals surface area contributed by atoms with Gasteiger partial charge in [0.1, 0.15) is 5.01 Å². The van der Waals surface area contributed by atoms with Crippen LogP contribution in [0.25, 0.3) is 21.1 Å². The molecule has 0 spiro atoms. The number of para-hydroxylation sites is 1. The van der Waals surface area contributed by atoms with Gasteiger partial charge in [0.2, 0.25) is 0 Å². The highest BCUT2D eigenvalue weighted by Crippen LogP contribution is 2.23. The second kappa shape index (κ2) is 4.65. The highest BCUT2D eigenvalue weighted by Gasteiger charge is 2.03. The van der Waals surface area contributed by atoms with Gasteiger partial charge in [0.25, 0.3) is 0 Å². The topological polar surface area (TPSA) is 40.7 Å². The summed E-state index contributed by atoms with van der Waals surface area (Å²) in [6, 6.07) is 16.7. The van der Waals surface area contributed by atoms with E-state index in [0.717, 1.165) is 28.3 Å². The first-order valence-electron chi connectivity index (χ1n) is 6.54. The average molecular weight is 279 g/mol. The van der Waals surface area contributed by atoms with Crippen molar-refractivity contribution in [2.75, 3.05) is 5.32 Å². The van der Waals surface area contributed by atoms with E-state index in [1.807, 2.05) is 12.3 Å². The lowest BCUT2D eigenvalue weighted by molar-refractivity contribution is 1.12. The summed E-state index contributed by atoms with van der Waals surface area (Å²) in [5.41, 5.74) is 3.36. The molecule has 0 unspecified atom stereocenters. The molecule has 0 aliphatic rings. The van der Waals surface area contributed by atoms with Crippen molar-refractivity contribution in [2.45, 2.75) is 6.54 Å². The van der Waals surface area contributed by atoms with E-state index < -0.39 is 0 Å². The van der Waals surface area contributed by atoms with E-state index in [1.54, 1.807) is 11.3 Å². The Morgan fingerprint density at radius 3 is 3.00 bits per heavy atom. The van der Waals surface area contributed by atoms with Crippen LogP contribution in [0.2, 0.25) is 0 Å². The summed E-state index contributed by atoms with van der Waals surface area (Å²) in [6.07, 6.45) is 1.96. The molecule has 0 fully saturated rings.